The van der Waals surface area contributed by atoms with E-state index in [1.165, 1.54) is 12.1 Å². The van der Waals surface area contributed by atoms with Crippen molar-refractivity contribution in [2.24, 2.45) is 0 Å². The van der Waals surface area contributed by atoms with Gasteiger partial charge in [-0.25, -0.2) is 4.39 Å². The Morgan fingerprint density at radius 3 is 2.56 bits per heavy atom. The van der Waals surface area contributed by atoms with Gasteiger partial charge in [0.2, 0.25) is 0 Å². The summed E-state index contributed by atoms with van der Waals surface area (Å²) in [6.07, 6.45) is 0.887. The van der Waals surface area contributed by atoms with E-state index in [4.69, 9.17) is 4.74 Å². The summed E-state index contributed by atoms with van der Waals surface area (Å²) in [6.45, 7) is 3.75. The molecule has 0 aromatic heterocycles. The molecule has 18 heavy (non-hydrogen) atoms. The maximum atomic E-state index is 12.7. The van der Waals surface area contributed by atoms with Gasteiger partial charge in [0.05, 0.1) is 12.2 Å². The topological polar surface area (TPSA) is 46.5 Å². The minimum absolute atomic E-state index is 0.183. The van der Waals surface area contributed by atoms with E-state index in [-0.39, 0.29) is 18.2 Å². The lowest BCUT2D eigenvalue weighted by atomic mass is 9.92. The minimum Gasteiger partial charge on any atom is -0.466 e. The van der Waals surface area contributed by atoms with Gasteiger partial charge in [0, 0.05) is 12.8 Å². The maximum absolute atomic E-state index is 12.7. The summed E-state index contributed by atoms with van der Waals surface area (Å²) >= 11 is 0. The average molecular weight is 254 g/mol. The molecule has 1 aromatic carbocycles. The van der Waals surface area contributed by atoms with Gasteiger partial charge < -0.3 is 9.84 Å². The largest absolute Gasteiger partial charge is 0.466 e. The molecule has 100 valence electrons. The number of hydrogen-bond donors (Lipinski definition) is 1. The van der Waals surface area contributed by atoms with Crippen molar-refractivity contribution in [1.29, 1.82) is 0 Å². The predicted molar refractivity (Wildman–Crippen MR) is 66.6 cm³/mol. The molecule has 0 aliphatic carbocycles. The van der Waals surface area contributed by atoms with Gasteiger partial charge in [0.15, 0.2) is 0 Å². The summed E-state index contributed by atoms with van der Waals surface area (Å²) in [5.74, 6) is -0.609. The molecular weight excluding hydrogens is 235 g/mol. The van der Waals surface area contributed by atoms with E-state index >= 15 is 0 Å². The Kier molecular flexibility index (Phi) is 5.28. The Bertz CT molecular complexity index is 385. The molecule has 1 atom stereocenters. The standard InChI is InChI=1S/C14H19FO3/c1-3-18-13(16)8-9-14(2,17)10-11-4-6-12(15)7-5-11/h4-7,17H,3,8-10H2,1-2H3. The van der Waals surface area contributed by atoms with Gasteiger partial charge in [0.1, 0.15) is 5.82 Å². The first-order chi connectivity index (χ1) is 8.43. The molecule has 1 unspecified atom stereocenters. The molecule has 0 heterocycles. The first kappa shape index (κ1) is 14.6. The highest BCUT2D eigenvalue weighted by atomic mass is 19.1. The number of carbonyl (C=O) groups is 1. The smallest absolute Gasteiger partial charge is 0.305 e. The summed E-state index contributed by atoms with van der Waals surface area (Å²) in [7, 11) is 0. The van der Waals surface area contributed by atoms with Crippen LogP contribution in [0, 0.1) is 5.82 Å². The third-order valence-electron chi connectivity index (χ3n) is 2.67. The third-order valence-corrected chi connectivity index (χ3v) is 2.67. The molecule has 0 saturated carbocycles. The summed E-state index contributed by atoms with van der Waals surface area (Å²) in [5, 5.41) is 10.2. The van der Waals surface area contributed by atoms with Crippen molar-refractivity contribution in [3.63, 3.8) is 0 Å². The Labute approximate surface area is 107 Å². The number of benzene rings is 1. The van der Waals surface area contributed by atoms with Crippen LogP contribution in [-0.4, -0.2) is 23.3 Å². The van der Waals surface area contributed by atoms with Crippen LogP contribution in [0.5, 0.6) is 0 Å². The zero-order valence-corrected chi connectivity index (χ0v) is 10.8. The van der Waals surface area contributed by atoms with E-state index in [0.717, 1.165) is 5.56 Å². The molecule has 3 nitrogen and oxygen atoms in total. The molecular formula is C14H19FO3. The SMILES string of the molecule is CCOC(=O)CCC(C)(O)Cc1ccc(F)cc1. The zero-order chi connectivity index (χ0) is 13.6. The van der Waals surface area contributed by atoms with Gasteiger partial charge in [-0.15, -0.1) is 0 Å². The molecule has 0 aliphatic heterocycles. The third kappa shape index (κ3) is 5.27. The Morgan fingerprint density at radius 2 is 2.00 bits per heavy atom. The number of aliphatic hydroxyl groups is 1. The van der Waals surface area contributed by atoms with Crippen LogP contribution in [0.25, 0.3) is 0 Å². The van der Waals surface area contributed by atoms with Crippen molar-refractivity contribution in [3.05, 3.63) is 35.6 Å². The van der Waals surface area contributed by atoms with Crippen LogP contribution in [0.4, 0.5) is 4.39 Å². The lowest BCUT2D eigenvalue weighted by Gasteiger charge is -2.22. The van der Waals surface area contributed by atoms with Gasteiger partial charge in [-0.1, -0.05) is 12.1 Å². The van der Waals surface area contributed by atoms with Gasteiger partial charge in [-0.3, -0.25) is 4.79 Å². The highest BCUT2D eigenvalue weighted by Crippen LogP contribution is 2.19. The fourth-order valence-corrected chi connectivity index (χ4v) is 1.73. The number of hydrogen-bond acceptors (Lipinski definition) is 3. The number of ether oxygens (including phenoxy) is 1. The summed E-state index contributed by atoms with van der Waals surface area (Å²) < 4.78 is 17.5. The monoisotopic (exact) mass is 254 g/mol. The fourth-order valence-electron chi connectivity index (χ4n) is 1.73. The van der Waals surface area contributed by atoms with Gasteiger partial charge in [-0.05, 0) is 38.0 Å². The molecule has 0 amide bonds. The highest BCUT2D eigenvalue weighted by molar-refractivity contribution is 5.69. The van der Waals surface area contributed by atoms with Gasteiger partial charge >= 0.3 is 5.97 Å². The molecule has 0 spiro atoms. The average Bonchev–Trinajstić information content (AvgIpc) is 2.30. The molecule has 4 heteroatoms. The molecule has 0 radical (unpaired) electrons. The molecule has 0 saturated heterocycles. The van der Waals surface area contributed by atoms with Crippen molar-refractivity contribution in [2.45, 2.75) is 38.7 Å². The summed E-state index contributed by atoms with van der Waals surface area (Å²) in [4.78, 5) is 11.2. The Hall–Kier alpha value is -1.42. The predicted octanol–water partition coefficient (Wildman–Crippen LogP) is 2.46. The molecule has 1 aromatic rings. The van der Waals surface area contributed by atoms with E-state index in [0.29, 0.717) is 19.4 Å². The van der Waals surface area contributed by atoms with Crippen LogP contribution in [0.15, 0.2) is 24.3 Å². The second kappa shape index (κ2) is 6.50. The Morgan fingerprint density at radius 1 is 1.39 bits per heavy atom. The molecule has 0 fully saturated rings. The van der Waals surface area contributed by atoms with E-state index in [1.54, 1.807) is 26.0 Å². The summed E-state index contributed by atoms with van der Waals surface area (Å²) in [5.41, 5.74) is -0.157. The second-order valence-electron chi connectivity index (χ2n) is 4.61. The zero-order valence-electron chi connectivity index (χ0n) is 10.8. The molecule has 1 rings (SSSR count). The van der Waals surface area contributed by atoms with Crippen LogP contribution in [0.3, 0.4) is 0 Å². The van der Waals surface area contributed by atoms with E-state index in [9.17, 15) is 14.3 Å². The number of rotatable bonds is 6. The lowest BCUT2D eigenvalue weighted by Crippen LogP contribution is -2.28. The Balaban J connectivity index is 2.48. The number of carbonyl (C=O) groups excluding carboxylic acids is 1. The van der Waals surface area contributed by atoms with E-state index in [1.807, 2.05) is 0 Å². The highest BCUT2D eigenvalue weighted by Gasteiger charge is 2.22. The van der Waals surface area contributed by atoms with Crippen molar-refractivity contribution < 1.29 is 19.0 Å². The van der Waals surface area contributed by atoms with Crippen LogP contribution >= 0.6 is 0 Å². The normalized spacial score (nSPS) is 14.0. The van der Waals surface area contributed by atoms with Crippen LogP contribution in [0.1, 0.15) is 32.3 Å². The molecule has 1 N–H and O–H groups in total. The van der Waals surface area contributed by atoms with Gasteiger partial charge in [0.25, 0.3) is 0 Å². The van der Waals surface area contributed by atoms with Crippen LogP contribution in [-0.2, 0) is 16.0 Å². The second-order valence-corrected chi connectivity index (χ2v) is 4.61. The van der Waals surface area contributed by atoms with Crippen molar-refractivity contribution in [3.8, 4) is 0 Å². The van der Waals surface area contributed by atoms with Gasteiger partial charge in [-0.2, -0.15) is 0 Å². The number of halogens is 1. The van der Waals surface area contributed by atoms with Crippen LogP contribution < -0.4 is 0 Å². The van der Waals surface area contributed by atoms with E-state index < -0.39 is 5.60 Å². The van der Waals surface area contributed by atoms with Crippen molar-refractivity contribution in [1.82, 2.24) is 0 Å². The lowest BCUT2D eigenvalue weighted by molar-refractivity contribution is -0.144. The van der Waals surface area contributed by atoms with E-state index in [2.05, 4.69) is 0 Å². The van der Waals surface area contributed by atoms with Crippen LogP contribution in [0.2, 0.25) is 0 Å². The maximum Gasteiger partial charge on any atom is 0.305 e. The van der Waals surface area contributed by atoms with Crippen molar-refractivity contribution >= 4 is 5.97 Å². The first-order valence-corrected chi connectivity index (χ1v) is 6.05. The minimum atomic E-state index is -0.995. The van der Waals surface area contributed by atoms with Crippen molar-refractivity contribution in [2.75, 3.05) is 6.61 Å². The number of esters is 1. The fraction of sp³-hybridized carbons (Fsp3) is 0.500. The quantitative estimate of drug-likeness (QED) is 0.793. The first-order valence-electron chi connectivity index (χ1n) is 6.05. The molecule has 0 bridgehead atoms. The summed E-state index contributed by atoms with van der Waals surface area (Å²) in [6, 6.07) is 5.98. The molecule has 0 aliphatic rings.